The van der Waals surface area contributed by atoms with Gasteiger partial charge in [-0.15, -0.1) is 0 Å². The number of hydrogen-bond donors (Lipinski definition) is 1. The molecule has 0 radical (unpaired) electrons. The number of rotatable bonds is 5. The molecule has 1 aromatic carbocycles. The van der Waals surface area contributed by atoms with Gasteiger partial charge in [0.15, 0.2) is 0 Å². The van der Waals surface area contributed by atoms with Gasteiger partial charge in [-0.2, -0.15) is 23.3 Å². The fourth-order valence-corrected chi connectivity index (χ4v) is 2.52. The zero-order valence-corrected chi connectivity index (χ0v) is 14.3. The number of benzene rings is 1. The summed E-state index contributed by atoms with van der Waals surface area (Å²) in [4.78, 5) is 12.6. The van der Waals surface area contributed by atoms with E-state index in [0.29, 0.717) is 12.2 Å². The highest BCUT2D eigenvalue weighted by Crippen LogP contribution is 2.41. The molecule has 0 unspecified atom stereocenters. The average molecular weight is 358 g/mol. The second-order valence-corrected chi connectivity index (χ2v) is 6.44. The second-order valence-electron chi connectivity index (χ2n) is 6.44. The number of hydrogen-bond acceptors (Lipinski definition) is 4. The van der Waals surface area contributed by atoms with E-state index in [-0.39, 0.29) is 28.6 Å². The maximum absolute atomic E-state index is 13.4. The number of alkyl halides is 3. The van der Waals surface area contributed by atoms with Crippen molar-refractivity contribution in [2.45, 2.75) is 45.0 Å². The number of hydrazone groups is 1. The highest BCUT2D eigenvalue weighted by atomic mass is 19.4. The van der Waals surface area contributed by atoms with Crippen LogP contribution in [0, 0.1) is 5.92 Å². The number of ether oxygens (including phenoxy) is 1. The van der Waals surface area contributed by atoms with Crippen LogP contribution in [0.1, 0.15) is 43.5 Å². The molecule has 1 aliphatic rings. The predicted octanol–water partition coefficient (Wildman–Crippen LogP) is 3.58. The van der Waals surface area contributed by atoms with Crippen LogP contribution < -0.4 is 4.74 Å². The van der Waals surface area contributed by atoms with Crippen molar-refractivity contribution in [1.82, 2.24) is 5.01 Å². The van der Waals surface area contributed by atoms with Gasteiger partial charge >= 0.3 is 6.18 Å². The lowest BCUT2D eigenvalue weighted by Crippen LogP contribution is -2.56. The average Bonchev–Trinajstić information content (AvgIpc) is 2.90. The standard InChI is InChI=1S/C17H21F3N2O3/c1-11(2)7-8-13-10-16(24,17(18,19)20)22(21-13)15(23)12-5-4-6-14(9-12)25-3/h4-6,9,11,24H,7-8,10H2,1-3H3/t16-/m1/s1. The quantitative estimate of drug-likeness (QED) is 0.875. The molecule has 0 aromatic heterocycles. The van der Waals surface area contributed by atoms with Crippen LogP contribution in [0.3, 0.4) is 0 Å². The van der Waals surface area contributed by atoms with Gasteiger partial charge in [-0.3, -0.25) is 4.79 Å². The third kappa shape index (κ3) is 3.95. The lowest BCUT2D eigenvalue weighted by molar-refractivity contribution is -0.297. The van der Waals surface area contributed by atoms with Gasteiger partial charge in [-0.25, -0.2) is 0 Å². The minimum atomic E-state index is -5.02. The third-order valence-electron chi connectivity index (χ3n) is 4.02. The Hall–Kier alpha value is -2.09. The largest absolute Gasteiger partial charge is 0.497 e. The fourth-order valence-electron chi connectivity index (χ4n) is 2.52. The van der Waals surface area contributed by atoms with Crippen molar-refractivity contribution in [2.75, 3.05) is 7.11 Å². The van der Waals surface area contributed by atoms with E-state index in [0.717, 1.165) is 0 Å². The Balaban J connectivity index is 2.36. The summed E-state index contributed by atoms with van der Waals surface area (Å²) in [6.45, 7) is 3.87. The molecule has 1 amide bonds. The Bertz CT molecular complexity index is 673. The maximum Gasteiger partial charge on any atom is 0.438 e. The van der Waals surface area contributed by atoms with Crippen LogP contribution in [0.5, 0.6) is 5.75 Å². The Morgan fingerprint density at radius 2 is 2.12 bits per heavy atom. The molecule has 0 aliphatic carbocycles. The molecule has 25 heavy (non-hydrogen) atoms. The zero-order chi connectivity index (χ0) is 18.8. The molecule has 1 aliphatic heterocycles. The monoisotopic (exact) mass is 358 g/mol. The number of halogens is 3. The van der Waals surface area contributed by atoms with E-state index in [4.69, 9.17) is 4.74 Å². The maximum atomic E-state index is 13.4. The van der Waals surface area contributed by atoms with E-state index in [2.05, 4.69) is 5.10 Å². The van der Waals surface area contributed by atoms with Crippen molar-refractivity contribution in [3.63, 3.8) is 0 Å². The van der Waals surface area contributed by atoms with Crippen LogP contribution in [0.2, 0.25) is 0 Å². The van der Waals surface area contributed by atoms with Crippen LogP contribution in [-0.2, 0) is 0 Å². The highest BCUT2D eigenvalue weighted by Gasteiger charge is 2.63. The first kappa shape index (κ1) is 19.2. The lowest BCUT2D eigenvalue weighted by Gasteiger charge is -2.32. The molecule has 1 atom stereocenters. The molecule has 1 aromatic rings. The summed E-state index contributed by atoms with van der Waals surface area (Å²) in [6, 6.07) is 5.70. The molecule has 1 heterocycles. The van der Waals surface area contributed by atoms with Crippen LogP contribution in [0.25, 0.3) is 0 Å². The van der Waals surface area contributed by atoms with Crippen molar-refractivity contribution in [3.05, 3.63) is 29.8 Å². The lowest BCUT2D eigenvalue weighted by atomic mass is 9.99. The van der Waals surface area contributed by atoms with E-state index in [1.807, 2.05) is 13.8 Å². The highest BCUT2D eigenvalue weighted by molar-refractivity contribution is 5.98. The topological polar surface area (TPSA) is 62.1 Å². The summed E-state index contributed by atoms with van der Waals surface area (Å²) in [6.07, 6.45) is -4.85. The third-order valence-corrected chi connectivity index (χ3v) is 4.02. The first-order valence-corrected chi connectivity index (χ1v) is 7.92. The van der Waals surface area contributed by atoms with Crippen LogP contribution in [0.4, 0.5) is 13.2 Å². The van der Waals surface area contributed by atoms with Crippen LogP contribution >= 0.6 is 0 Å². The first-order chi connectivity index (χ1) is 11.6. The summed E-state index contributed by atoms with van der Waals surface area (Å²) in [7, 11) is 1.38. The predicted molar refractivity (Wildman–Crippen MR) is 86.3 cm³/mol. The van der Waals surface area contributed by atoms with Gasteiger partial charge in [0.05, 0.1) is 7.11 Å². The number of amides is 1. The van der Waals surface area contributed by atoms with Gasteiger partial charge in [0, 0.05) is 17.7 Å². The number of nitrogens with zero attached hydrogens (tertiary/aromatic N) is 2. The first-order valence-electron chi connectivity index (χ1n) is 7.92. The summed E-state index contributed by atoms with van der Waals surface area (Å²) < 4.78 is 45.3. The molecule has 0 bridgehead atoms. The summed E-state index contributed by atoms with van der Waals surface area (Å²) in [5.41, 5.74) is -3.22. The van der Waals surface area contributed by atoms with Gasteiger partial charge in [0.1, 0.15) is 5.75 Å². The molecule has 138 valence electrons. The van der Waals surface area contributed by atoms with Crippen molar-refractivity contribution < 1.29 is 27.8 Å². The van der Waals surface area contributed by atoms with E-state index in [1.54, 1.807) is 6.07 Å². The Morgan fingerprint density at radius 3 is 2.68 bits per heavy atom. The van der Waals surface area contributed by atoms with Gasteiger partial charge < -0.3 is 9.84 Å². The van der Waals surface area contributed by atoms with Gasteiger partial charge in [-0.05, 0) is 37.0 Å². The number of methoxy groups -OCH3 is 1. The fraction of sp³-hybridized carbons (Fsp3) is 0.529. The molecular weight excluding hydrogens is 337 g/mol. The molecule has 0 spiro atoms. The number of carbonyl (C=O) groups is 1. The number of carbonyl (C=O) groups excluding carboxylic acids is 1. The van der Waals surface area contributed by atoms with Crippen molar-refractivity contribution in [3.8, 4) is 5.75 Å². The molecule has 0 saturated carbocycles. The normalized spacial score (nSPS) is 20.8. The molecule has 1 N–H and O–H groups in total. The minimum Gasteiger partial charge on any atom is -0.497 e. The summed E-state index contributed by atoms with van der Waals surface area (Å²) in [5, 5.41) is 14.2. The molecule has 5 nitrogen and oxygen atoms in total. The van der Waals surface area contributed by atoms with E-state index >= 15 is 0 Å². The molecule has 0 saturated heterocycles. The van der Waals surface area contributed by atoms with E-state index in [9.17, 15) is 23.1 Å². The van der Waals surface area contributed by atoms with Crippen molar-refractivity contribution in [2.24, 2.45) is 11.0 Å². The van der Waals surface area contributed by atoms with Crippen LogP contribution in [0.15, 0.2) is 29.4 Å². The summed E-state index contributed by atoms with van der Waals surface area (Å²) >= 11 is 0. The Morgan fingerprint density at radius 1 is 1.44 bits per heavy atom. The Labute approximate surface area is 144 Å². The smallest absolute Gasteiger partial charge is 0.438 e. The van der Waals surface area contributed by atoms with E-state index < -0.39 is 24.2 Å². The Kier molecular flexibility index (Phi) is 5.41. The SMILES string of the molecule is COc1cccc(C(=O)N2N=C(CCC(C)C)C[C@@]2(O)C(F)(F)F)c1. The van der Waals surface area contributed by atoms with E-state index in [1.165, 1.54) is 25.3 Å². The van der Waals surface area contributed by atoms with Crippen LogP contribution in [-0.4, -0.2) is 40.7 Å². The number of aliphatic hydroxyl groups is 1. The second kappa shape index (κ2) is 7.03. The van der Waals surface area contributed by atoms with Gasteiger partial charge in [0.2, 0.25) is 0 Å². The minimum absolute atomic E-state index is 0.0455. The molecule has 2 rings (SSSR count). The molecule has 0 fully saturated rings. The molecular formula is C17H21F3N2O3. The van der Waals surface area contributed by atoms with Gasteiger partial charge in [-0.1, -0.05) is 19.9 Å². The van der Waals surface area contributed by atoms with Gasteiger partial charge in [0.25, 0.3) is 11.6 Å². The zero-order valence-electron chi connectivity index (χ0n) is 14.3. The summed E-state index contributed by atoms with van der Waals surface area (Å²) in [5.74, 6) is -0.437. The molecule has 8 heteroatoms. The van der Waals surface area contributed by atoms with Crippen molar-refractivity contribution in [1.29, 1.82) is 0 Å². The van der Waals surface area contributed by atoms with Crippen molar-refractivity contribution >= 4 is 11.6 Å².